The summed E-state index contributed by atoms with van der Waals surface area (Å²) in [6.45, 7) is 0. The van der Waals surface area contributed by atoms with Crippen LogP contribution in [0.3, 0.4) is 0 Å². The molecule has 1 saturated carbocycles. The van der Waals surface area contributed by atoms with E-state index in [2.05, 4.69) is 5.16 Å². The van der Waals surface area contributed by atoms with E-state index in [4.69, 9.17) is 16.1 Å². The van der Waals surface area contributed by atoms with Gasteiger partial charge in [0, 0.05) is 5.92 Å². The molecule has 0 radical (unpaired) electrons. The summed E-state index contributed by atoms with van der Waals surface area (Å²) in [7, 11) is 0. The summed E-state index contributed by atoms with van der Waals surface area (Å²) in [5.41, 5.74) is 0.572. The van der Waals surface area contributed by atoms with E-state index in [1.807, 2.05) is 0 Å². The van der Waals surface area contributed by atoms with Crippen LogP contribution in [0, 0.1) is 0 Å². The van der Waals surface area contributed by atoms with Gasteiger partial charge in [-0.2, -0.15) is 0 Å². The van der Waals surface area contributed by atoms with Gasteiger partial charge < -0.3 is 9.63 Å². The number of carboxylic acids is 1. The van der Waals surface area contributed by atoms with Gasteiger partial charge in [0.05, 0.1) is 9.21 Å². The highest BCUT2D eigenvalue weighted by Crippen LogP contribution is 2.44. The van der Waals surface area contributed by atoms with E-state index in [0.717, 1.165) is 17.7 Å². The third-order valence-electron chi connectivity index (χ3n) is 2.69. The molecule has 4 nitrogen and oxygen atoms in total. The minimum atomic E-state index is -0.993. The fourth-order valence-electron chi connectivity index (χ4n) is 1.74. The van der Waals surface area contributed by atoms with E-state index in [-0.39, 0.29) is 11.5 Å². The number of aromatic carboxylic acids is 1. The van der Waals surface area contributed by atoms with Crippen molar-refractivity contribution in [3.63, 3.8) is 0 Å². The van der Waals surface area contributed by atoms with Gasteiger partial charge in [-0.15, -0.1) is 11.3 Å². The molecule has 0 spiro atoms. The Balaban J connectivity index is 2.13. The molecule has 0 amide bonds. The molecule has 0 aliphatic heterocycles. The van der Waals surface area contributed by atoms with Gasteiger partial charge >= 0.3 is 5.97 Å². The number of halogens is 1. The van der Waals surface area contributed by atoms with Gasteiger partial charge in [0.25, 0.3) is 0 Å². The van der Waals surface area contributed by atoms with Crippen LogP contribution in [-0.2, 0) is 0 Å². The topological polar surface area (TPSA) is 63.3 Å². The van der Waals surface area contributed by atoms with Gasteiger partial charge in [-0.1, -0.05) is 16.8 Å². The Hall–Kier alpha value is -1.33. The molecular weight excluding hydrogens is 262 g/mol. The van der Waals surface area contributed by atoms with Crippen molar-refractivity contribution in [2.45, 2.75) is 18.8 Å². The van der Waals surface area contributed by atoms with Crippen molar-refractivity contribution in [1.29, 1.82) is 0 Å². The summed E-state index contributed by atoms with van der Waals surface area (Å²) in [6, 6.07) is 3.48. The molecule has 1 aliphatic carbocycles. The van der Waals surface area contributed by atoms with E-state index in [1.165, 1.54) is 11.3 Å². The monoisotopic (exact) mass is 269 g/mol. The first-order chi connectivity index (χ1) is 8.16. The fourth-order valence-corrected chi connectivity index (χ4v) is 2.77. The number of nitrogens with zero attached hydrogens (tertiary/aromatic N) is 1. The maximum atomic E-state index is 11.3. The Morgan fingerprint density at radius 1 is 1.53 bits per heavy atom. The van der Waals surface area contributed by atoms with Crippen LogP contribution in [0.2, 0.25) is 4.34 Å². The highest BCUT2D eigenvalue weighted by Gasteiger charge is 2.35. The molecule has 17 heavy (non-hydrogen) atoms. The summed E-state index contributed by atoms with van der Waals surface area (Å²) in [5, 5.41) is 13.1. The average Bonchev–Trinajstić information content (AvgIpc) is 2.87. The zero-order valence-corrected chi connectivity index (χ0v) is 10.2. The molecule has 2 aromatic rings. The lowest BCUT2D eigenvalue weighted by Gasteiger charge is -1.95. The van der Waals surface area contributed by atoms with E-state index >= 15 is 0 Å². The SMILES string of the molecule is O=C(O)c1c(-c2ccc(Cl)s2)noc1C1CC1. The first-order valence-corrected chi connectivity index (χ1v) is 6.35. The minimum absolute atomic E-state index is 0.186. The Morgan fingerprint density at radius 2 is 2.29 bits per heavy atom. The molecule has 0 atom stereocenters. The van der Waals surface area contributed by atoms with Crippen LogP contribution in [0.1, 0.15) is 34.9 Å². The first kappa shape index (κ1) is 10.8. The lowest BCUT2D eigenvalue weighted by atomic mass is 10.1. The number of hydrogen-bond acceptors (Lipinski definition) is 4. The predicted octanol–water partition coefficient (Wildman–Crippen LogP) is 3.63. The van der Waals surface area contributed by atoms with Crippen LogP contribution in [-0.4, -0.2) is 16.2 Å². The second kappa shape index (κ2) is 3.85. The number of carboxylic acid groups (broad SMARTS) is 1. The van der Waals surface area contributed by atoms with Crippen LogP contribution in [0.5, 0.6) is 0 Å². The van der Waals surface area contributed by atoms with Crippen LogP contribution in [0.15, 0.2) is 16.7 Å². The molecule has 6 heteroatoms. The molecule has 1 fully saturated rings. The Kier molecular flexibility index (Phi) is 2.45. The summed E-state index contributed by atoms with van der Waals surface area (Å²) < 4.78 is 5.78. The van der Waals surface area contributed by atoms with E-state index in [9.17, 15) is 9.90 Å². The van der Waals surface area contributed by atoms with Crippen molar-refractivity contribution >= 4 is 28.9 Å². The van der Waals surface area contributed by atoms with Crippen LogP contribution >= 0.6 is 22.9 Å². The maximum absolute atomic E-state index is 11.3. The number of rotatable bonds is 3. The number of carbonyl (C=O) groups is 1. The summed E-state index contributed by atoms with van der Waals surface area (Å²) in [4.78, 5) is 12.0. The Labute approximate surface area is 106 Å². The van der Waals surface area contributed by atoms with Crippen LogP contribution in [0.25, 0.3) is 10.6 Å². The van der Waals surface area contributed by atoms with Crippen molar-refractivity contribution in [2.75, 3.05) is 0 Å². The van der Waals surface area contributed by atoms with Crippen molar-refractivity contribution in [2.24, 2.45) is 0 Å². The third kappa shape index (κ3) is 1.85. The largest absolute Gasteiger partial charge is 0.477 e. The second-order valence-corrected chi connectivity index (χ2v) is 5.67. The van der Waals surface area contributed by atoms with Crippen molar-refractivity contribution in [1.82, 2.24) is 5.16 Å². The number of aromatic nitrogens is 1. The Morgan fingerprint density at radius 3 is 2.82 bits per heavy atom. The highest BCUT2D eigenvalue weighted by molar-refractivity contribution is 7.19. The molecule has 0 bridgehead atoms. The van der Waals surface area contributed by atoms with E-state index < -0.39 is 5.97 Å². The molecule has 2 heterocycles. The zero-order chi connectivity index (χ0) is 12.0. The average molecular weight is 270 g/mol. The van der Waals surface area contributed by atoms with Crippen LogP contribution < -0.4 is 0 Å². The summed E-state index contributed by atoms with van der Waals surface area (Å²) >= 11 is 7.13. The summed E-state index contributed by atoms with van der Waals surface area (Å²) in [6.07, 6.45) is 1.94. The van der Waals surface area contributed by atoms with Crippen LogP contribution in [0.4, 0.5) is 0 Å². The van der Waals surface area contributed by atoms with Gasteiger partial charge in [-0.05, 0) is 25.0 Å². The Bertz CT molecular complexity index is 585. The second-order valence-electron chi connectivity index (χ2n) is 3.95. The first-order valence-electron chi connectivity index (χ1n) is 5.15. The summed E-state index contributed by atoms with van der Waals surface area (Å²) in [5.74, 6) is -0.275. The van der Waals surface area contributed by atoms with Gasteiger partial charge in [-0.3, -0.25) is 0 Å². The van der Waals surface area contributed by atoms with Crippen molar-refractivity contribution < 1.29 is 14.4 Å². The molecule has 1 N–H and O–H groups in total. The van der Waals surface area contributed by atoms with Gasteiger partial charge in [0.2, 0.25) is 0 Å². The quantitative estimate of drug-likeness (QED) is 0.924. The van der Waals surface area contributed by atoms with Gasteiger partial charge in [-0.25, -0.2) is 4.79 Å². The normalized spacial score (nSPS) is 15.1. The molecule has 0 saturated heterocycles. The lowest BCUT2D eigenvalue weighted by molar-refractivity contribution is 0.0695. The van der Waals surface area contributed by atoms with Crippen molar-refractivity contribution in [3.05, 3.63) is 27.8 Å². The molecule has 0 aromatic carbocycles. The zero-order valence-electron chi connectivity index (χ0n) is 8.64. The number of hydrogen-bond donors (Lipinski definition) is 1. The predicted molar refractivity (Wildman–Crippen MR) is 63.8 cm³/mol. The smallest absolute Gasteiger partial charge is 0.341 e. The molecule has 0 unspecified atom stereocenters. The fraction of sp³-hybridized carbons (Fsp3) is 0.273. The molecule has 88 valence electrons. The molecule has 2 aromatic heterocycles. The third-order valence-corrected chi connectivity index (χ3v) is 3.92. The highest BCUT2D eigenvalue weighted by atomic mass is 35.5. The minimum Gasteiger partial charge on any atom is -0.477 e. The molecular formula is C11H8ClNO3S. The maximum Gasteiger partial charge on any atom is 0.341 e. The molecule has 1 aliphatic rings. The van der Waals surface area contributed by atoms with Crippen molar-refractivity contribution in [3.8, 4) is 10.6 Å². The number of thiophene rings is 1. The standard InChI is InChI=1S/C11H8ClNO3S/c12-7-4-3-6(17-7)9-8(11(14)15)10(16-13-9)5-1-2-5/h3-5H,1-2H2,(H,14,15). The van der Waals surface area contributed by atoms with Gasteiger partial charge in [0.1, 0.15) is 11.3 Å². The van der Waals surface area contributed by atoms with E-state index in [0.29, 0.717) is 15.8 Å². The van der Waals surface area contributed by atoms with Gasteiger partial charge in [0.15, 0.2) is 5.76 Å². The van der Waals surface area contributed by atoms with E-state index in [1.54, 1.807) is 12.1 Å². The lowest BCUT2D eigenvalue weighted by Crippen LogP contribution is -2.00. The molecule has 3 rings (SSSR count).